The highest BCUT2D eigenvalue weighted by atomic mass is 32.2. The second-order valence-electron chi connectivity index (χ2n) is 5.77. The van der Waals surface area contributed by atoms with Crippen LogP contribution in [-0.2, 0) is 4.74 Å². The SMILES string of the molecule is c1ccc2c(c1)NCCSCCNc1ccccc1OCCOCCO2. The molecular weight excluding hydrogens is 348 g/mol. The predicted molar refractivity (Wildman–Crippen MR) is 109 cm³/mol. The van der Waals surface area contributed by atoms with Crippen LogP contribution in [0.1, 0.15) is 0 Å². The monoisotopic (exact) mass is 374 g/mol. The fourth-order valence-corrected chi connectivity index (χ4v) is 3.31. The molecule has 0 bridgehead atoms. The van der Waals surface area contributed by atoms with Crippen LogP contribution in [-0.4, -0.2) is 51.0 Å². The van der Waals surface area contributed by atoms with E-state index >= 15 is 0 Å². The third-order valence-electron chi connectivity index (χ3n) is 3.87. The Morgan fingerprint density at radius 1 is 0.654 bits per heavy atom. The summed E-state index contributed by atoms with van der Waals surface area (Å²) in [5.74, 6) is 3.82. The summed E-state index contributed by atoms with van der Waals surface area (Å²) in [6.07, 6.45) is 0. The fourth-order valence-electron chi connectivity index (χ4n) is 2.62. The molecule has 2 aromatic rings. The van der Waals surface area contributed by atoms with Crippen LogP contribution in [0.2, 0.25) is 0 Å². The largest absolute Gasteiger partial charge is 0.489 e. The van der Waals surface area contributed by atoms with Crippen molar-refractivity contribution in [2.75, 3.05) is 61.7 Å². The van der Waals surface area contributed by atoms with Gasteiger partial charge in [-0.25, -0.2) is 0 Å². The van der Waals surface area contributed by atoms with E-state index in [4.69, 9.17) is 14.2 Å². The number of fused-ring (bicyclic) bond motifs is 2. The minimum Gasteiger partial charge on any atom is -0.489 e. The van der Waals surface area contributed by atoms with Crippen molar-refractivity contribution in [1.29, 1.82) is 0 Å². The van der Waals surface area contributed by atoms with Crippen LogP contribution in [0.4, 0.5) is 11.4 Å². The Kier molecular flexibility index (Phi) is 7.80. The van der Waals surface area contributed by atoms with Gasteiger partial charge in [-0.2, -0.15) is 11.8 Å². The zero-order valence-electron chi connectivity index (χ0n) is 14.9. The molecule has 0 aromatic heterocycles. The topological polar surface area (TPSA) is 51.8 Å². The first-order chi connectivity index (χ1) is 12.9. The standard InChI is InChI=1S/C20H26N2O3S/c1-3-7-19-17(5-1)21-9-15-26-16-10-22-18-6-2-4-8-20(18)25-14-12-23-11-13-24-19/h1-8,21-22H,9-16H2. The average Bonchev–Trinajstić information content (AvgIpc) is 2.68. The van der Waals surface area contributed by atoms with Gasteiger partial charge in [-0.05, 0) is 24.3 Å². The summed E-state index contributed by atoms with van der Waals surface area (Å²) in [5, 5.41) is 6.91. The van der Waals surface area contributed by atoms with Crippen molar-refractivity contribution >= 4 is 23.1 Å². The number of benzene rings is 2. The Balaban J connectivity index is 1.56. The molecule has 1 aliphatic rings. The molecule has 0 radical (unpaired) electrons. The molecule has 0 aliphatic carbocycles. The van der Waals surface area contributed by atoms with Gasteiger partial charge in [-0.3, -0.25) is 0 Å². The predicted octanol–water partition coefficient (Wildman–Crippen LogP) is 3.73. The minimum absolute atomic E-state index is 0.519. The van der Waals surface area contributed by atoms with Crippen LogP contribution >= 0.6 is 11.8 Å². The molecule has 0 unspecified atom stereocenters. The smallest absolute Gasteiger partial charge is 0.142 e. The number of hydrogen-bond donors (Lipinski definition) is 2. The summed E-state index contributed by atoms with van der Waals surface area (Å²) in [7, 11) is 0. The van der Waals surface area contributed by atoms with Crippen molar-refractivity contribution in [2.45, 2.75) is 0 Å². The summed E-state index contributed by atoms with van der Waals surface area (Å²) < 4.78 is 17.3. The quantitative estimate of drug-likeness (QED) is 0.733. The van der Waals surface area contributed by atoms with Gasteiger partial charge in [0.1, 0.15) is 24.7 Å². The van der Waals surface area contributed by atoms with E-state index in [0.29, 0.717) is 26.4 Å². The normalized spacial score (nSPS) is 16.9. The molecule has 0 atom stereocenters. The first-order valence-corrected chi connectivity index (χ1v) is 10.2. The summed E-state index contributed by atoms with van der Waals surface area (Å²) in [6.45, 7) is 3.92. The molecule has 5 nitrogen and oxygen atoms in total. The summed E-state index contributed by atoms with van der Waals surface area (Å²) >= 11 is 1.92. The molecule has 1 heterocycles. The molecule has 140 valence electrons. The van der Waals surface area contributed by atoms with E-state index in [1.54, 1.807) is 0 Å². The molecule has 2 N–H and O–H groups in total. The van der Waals surface area contributed by atoms with Crippen molar-refractivity contribution < 1.29 is 14.2 Å². The van der Waals surface area contributed by atoms with Gasteiger partial charge in [0.15, 0.2) is 0 Å². The third-order valence-corrected chi connectivity index (χ3v) is 4.85. The molecule has 2 aromatic carbocycles. The van der Waals surface area contributed by atoms with E-state index in [-0.39, 0.29) is 0 Å². The number of thioether (sulfide) groups is 1. The number of rotatable bonds is 0. The highest BCUT2D eigenvalue weighted by Gasteiger charge is 2.05. The van der Waals surface area contributed by atoms with E-state index in [9.17, 15) is 0 Å². The second-order valence-corrected chi connectivity index (χ2v) is 6.99. The molecule has 0 spiro atoms. The molecule has 0 amide bonds. The van der Waals surface area contributed by atoms with Gasteiger partial charge >= 0.3 is 0 Å². The maximum atomic E-state index is 5.84. The van der Waals surface area contributed by atoms with Crippen LogP contribution in [0.15, 0.2) is 48.5 Å². The third kappa shape index (κ3) is 6.04. The number of para-hydroxylation sites is 4. The van der Waals surface area contributed by atoms with E-state index in [1.807, 2.05) is 60.3 Å². The van der Waals surface area contributed by atoms with E-state index in [2.05, 4.69) is 10.6 Å². The van der Waals surface area contributed by atoms with E-state index in [1.165, 1.54) is 0 Å². The second kappa shape index (κ2) is 10.8. The Labute approximate surface area is 159 Å². The molecular formula is C20H26N2O3S. The van der Waals surface area contributed by atoms with Gasteiger partial charge in [-0.1, -0.05) is 24.3 Å². The lowest BCUT2D eigenvalue weighted by molar-refractivity contribution is 0.0767. The van der Waals surface area contributed by atoms with Gasteiger partial charge in [0, 0.05) is 24.6 Å². The lowest BCUT2D eigenvalue weighted by atomic mass is 10.3. The number of nitrogens with one attached hydrogen (secondary N) is 2. The Morgan fingerprint density at radius 3 is 1.69 bits per heavy atom. The van der Waals surface area contributed by atoms with Crippen LogP contribution in [0.3, 0.4) is 0 Å². The van der Waals surface area contributed by atoms with Crippen LogP contribution in [0.5, 0.6) is 11.5 Å². The number of ether oxygens (including phenoxy) is 3. The van der Waals surface area contributed by atoms with Gasteiger partial charge in [0.25, 0.3) is 0 Å². The molecule has 0 fully saturated rings. The van der Waals surface area contributed by atoms with Gasteiger partial charge in [-0.15, -0.1) is 0 Å². The van der Waals surface area contributed by atoms with E-state index in [0.717, 1.165) is 47.5 Å². The lowest BCUT2D eigenvalue weighted by Gasteiger charge is -2.15. The Hall–Kier alpha value is -2.05. The first-order valence-electron chi connectivity index (χ1n) is 9.00. The maximum Gasteiger partial charge on any atom is 0.142 e. The average molecular weight is 375 g/mol. The highest BCUT2D eigenvalue weighted by Crippen LogP contribution is 2.25. The summed E-state index contributed by atoms with van der Waals surface area (Å²) in [5.41, 5.74) is 2.06. The van der Waals surface area contributed by atoms with Crippen molar-refractivity contribution in [2.24, 2.45) is 0 Å². The lowest BCUT2D eigenvalue weighted by Crippen LogP contribution is -2.14. The zero-order valence-corrected chi connectivity index (χ0v) is 15.7. The summed E-state index contributed by atoms with van der Waals surface area (Å²) in [6, 6.07) is 16.1. The van der Waals surface area contributed by atoms with Gasteiger partial charge in [0.2, 0.25) is 0 Å². The minimum atomic E-state index is 0.519. The maximum absolute atomic E-state index is 5.84. The van der Waals surface area contributed by atoms with Crippen molar-refractivity contribution in [3.05, 3.63) is 48.5 Å². The number of anilines is 2. The van der Waals surface area contributed by atoms with Crippen molar-refractivity contribution in [1.82, 2.24) is 0 Å². The van der Waals surface area contributed by atoms with Gasteiger partial charge in [0.05, 0.1) is 24.6 Å². The number of hydrogen-bond acceptors (Lipinski definition) is 6. The molecule has 3 rings (SSSR count). The van der Waals surface area contributed by atoms with E-state index < -0.39 is 0 Å². The molecule has 1 aliphatic heterocycles. The van der Waals surface area contributed by atoms with Crippen LogP contribution in [0.25, 0.3) is 0 Å². The molecule has 26 heavy (non-hydrogen) atoms. The van der Waals surface area contributed by atoms with Crippen LogP contribution in [0, 0.1) is 0 Å². The molecule has 0 saturated heterocycles. The first kappa shape index (κ1) is 18.7. The Morgan fingerprint density at radius 2 is 1.15 bits per heavy atom. The fraction of sp³-hybridized carbons (Fsp3) is 0.400. The van der Waals surface area contributed by atoms with Crippen molar-refractivity contribution in [3.63, 3.8) is 0 Å². The highest BCUT2D eigenvalue weighted by molar-refractivity contribution is 7.99. The molecule has 6 heteroatoms. The van der Waals surface area contributed by atoms with Gasteiger partial charge < -0.3 is 24.8 Å². The zero-order chi connectivity index (χ0) is 17.9. The van der Waals surface area contributed by atoms with Crippen molar-refractivity contribution in [3.8, 4) is 11.5 Å². The summed E-state index contributed by atoms with van der Waals surface area (Å²) in [4.78, 5) is 0. The molecule has 0 saturated carbocycles. The van der Waals surface area contributed by atoms with Crippen LogP contribution < -0.4 is 20.1 Å². The Bertz CT molecular complexity index is 558.